The molecule has 0 aliphatic heterocycles. The maximum Gasteiger partial charge on any atom is 0.248 e. The summed E-state index contributed by atoms with van der Waals surface area (Å²) in [5.41, 5.74) is 2.56. The van der Waals surface area contributed by atoms with Crippen molar-refractivity contribution in [3.05, 3.63) is 52.5 Å². The Balaban J connectivity index is 1.51. The molecule has 0 bridgehead atoms. The van der Waals surface area contributed by atoms with E-state index in [1.807, 2.05) is 42.5 Å². The summed E-state index contributed by atoms with van der Waals surface area (Å²) in [6.45, 7) is 0.916. The normalized spacial score (nSPS) is 16.8. The summed E-state index contributed by atoms with van der Waals surface area (Å²) in [6.07, 6.45) is -0.151. The van der Waals surface area contributed by atoms with E-state index in [2.05, 4.69) is 26.2 Å². The molecule has 0 spiro atoms. The van der Waals surface area contributed by atoms with Gasteiger partial charge in [-0.25, -0.2) is 13.5 Å². The van der Waals surface area contributed by atoms with Crippen molar-refractivity contribution in [2.24, 2.45) is 5.92 Å². The minimum atomic E-state index is -2.51. The van der Waals surface area contributed by atoms with Crippen molar-refractivity contribution in [2.45, 2.75) is 31.9 Å². The maximum absolute atomic E-state index is 13.0. The number of ether oxygens (including phenoxy) is 1. The Hall–Kier alpha value is -2.02. The molecule has 4 nitrogen and oxygen atoms in total. The van der Waals surface area contributed by atoms with E-state index in [1.54, 1.807) is 4.68 Å². The molecule has 1 aromatic heterocycles. The third kappa shape index (κ3) is 3.38. The second-order valence-corrected chi connectivity index (χ2v) is 7.21. The Morgan fingerprint density at radius 2 is 1.92 bits per heavy atom. The minimum absolute atomic E-state index is 0.0484. The van der Waals surface area contributed by atoms with Gasteiger partial charge >= 0.3 is 0 Å². The Kier molecular flexibility index (Phi) is 4.19. The van der Waals surface area contributed by atoms with Gasteiger partial charge in [-0.2, -0.15) is 0 Å². The van der Waals surface area contributed by atoms with Crippen molar-refractivity contribution >= 4 is 27.0 Å². The van der Waals surface area contributed by atoms with E-state index in [9.17, 15) is 8.78 Å². The first kappa shape index (κ1) is 16.4. The predicted molar refractivity (Wildman–Crippen MR) is 93.7 cm³/mol. The highest BCUT2D eigenvalue weighted by Gasteiger charge is 2.45. The quantitative estimate of drug-likeness (QED) is 0.608. The topological polar surface area (TPSA) is 39.9 Å². The van der Waals surface area contributed by atoms with Crippen molar-refractivity contribution in [1.29, 1.82) is 0 Å². The number of nitrogens with zero attached hydrogens (tertiary/aromatic N) is 3. The molecular weight excluding hydrogens is 392 g/mol. The van der Waals surface area contributed by atoms with Crippen molar-refractivity contribution in [1.82, 2.24) is 15.0 Å². The van der Waals surface area contributed by atoms with Gasteiger partial charge in [0, 0.05) is 19.4 Å². The highest BCUT2D eigenvalue weighted by Crippen LogP contribution is 2.43. The molecule has 2 aromatic carbocycles. The van der Waals surface area contributed by atoms with Crippen LogP contribution < -0.4 is 4.74 Å². The number of aromatic nitrogens is 3. The molecule has 0 unspecified atom stereocenters. The molecule has 1 aliphatic rings. The molecule has 130 valence electrons. The second-order valence-electron chi connectivity index (χ2n) is 6.42. The smallest absolute Gasteiger partial charge is 0.248 e. The third-order valence-electron chi connectivity index (χ3n) is 4.43. The lowest BCUT2D eigenvalue weighted by Crippen LogP contribution is -2.37. The summed E-state index contributed by atoms with van der Waals surface area (Å²) in [6, 6.07) is 13.6. The predicted octanol–water partition coefficient (Wildman–Crippen LogP) is 4.82. The molecule has 1 aliphatic carbocycles. The SMILES string of the molecule is FC1(F)CC(Cn2nnc3c(Br)c(OCc4ccccc4)ccc32)C1. The molecule has 1 saturated carbocycles. The number of hydrogen-bond acceptors (Lipinski definition) is 3. The fourth-order valence-corrected chi connectivity index (χ4v) is 3.66. The van der Waals surface area contributed by atoms with E-state index >= 15 is 0 Å². The molecule has 7 heteroatoms. The van der Waals surface area contributed by atoms with E-state index in [4.69, 9.17) is 4.74 Å². The molecule has 0 N–H and O–H groups in total. The summed E-state index contributed by atoms with van der Waals surface area (Å²) < 4.78 is 34.3. The summed E-state index contributed by atoms with van der Waals surface area (Å²) in [7, 11) is 0. The minimum Gasteiger partial charge on any atom is -0.488 e. The zero-order valence-electron chi connectivity index (χ0n) is 13.3. The van der Waals surface area contributed by atoms with Crippen molar-refractivity contribution in [3.8, 4) is 5.75 Å². The summed E-state index contributed by atoms with van der Waals surface area (Å²) in [4.78, 5) is 0. The van der Waals surface area contributed by atoms with Gasteiger partial charge in [-0.15, -0.1) is 5.10 Å². The fourth-order valence-electron chi connectivity index (χ4n) is 3.13. The van der Waals surface area contributed by atoms with Crippen LogP contribution in [0.2, 0.25) is 0 Å². The van der Waals surface area contributed by atoms with Crippen molar-refractivity contribution in [2.75, 3.05) is 0 Å². The molecule has 0 atom stereocenters. The van der Waals surface area contributed by atoms with E-state index < -0.39 is 5.92 Å². The van der Waals surface area contributed by atoms with Crippen LogP contribution in [-0.4, -0.2) is 20.9 Å². The van der Waals surface area contributed by atoms with Crippen LogP contribution in [0.25, 0.3) is 11.0 Å². The standard InChI is InChI=1S/C18H16BrF2N3O/c19-16-15(25-11-12-4-2-1-3-5-12)7-6-14-17(16)22-23-24(14)10-13-8-18(20,21)9-13/h1-7,13H,8-11H2. The van der Waals surface area contributed by atoms with E-state index in [1.165, 1.54) is 0 Å². The number of hydrogen-bond donors (Lipinski definition) is 0. The van der Waals surface area contributed by atoms with Crippen molar-refractivity contribution < 1.29 is 13.5 Å². The number of alkyl halides is 2. The van der Waals surface area contributed by atoms with Gasteiger partial charge in [0.2, 0.25) is 5.92 Å². The van der Waals surface area contributed by atoms with Gasteiger partial charge in [-0.05, 0) is 39.5 Å². The largest absolute Gasteiger partial charge is 0.488 e. The molecule has 0 radical (unpaired) electrons. The molecule has 1 heterocycles. The number of fused-ring (bicyclic) bond motifs is 1. The van der Waals surface area contributed by atoms with E-state index in [0.717, 1.165) is 15.6 Å². The molecule has 4 rings (SSSR count). The molecule has 0 amide bonds. The van der Waals surface area contributed by atoms with Gasteiger partial charge < -0.3 is 4.74 Å². The first-order valence-electron chi connectivity index (χ1n) is 8.08. The zero-order valence-corrected chi connectivity index (χ0v) is 14.9. The van der Waals surface area contributed by atoms with Crippen LogP contribution in [0, 0.1) is 5.92 Å². The monoisotopic (exact) mass is 407 g/mol. The molecule has 1 fully saturated rings. The van der Waals surface area contributed by atoms with Crippen LogP contribution >= 0.6 is 15.9 Å². The van der Waals surface area contributed by atoms with Gasteiger partial charge in [0.25, 0.3) is 0 Å². The summed E-state index contributed by atoms with van der Waals surface area (Å²) in [5, 5.41) is 8.30. The lowest BCUT2D eigenvalue weighted by atomic mass is 9.81. The Bertz CT molecular complexity index is 890. The van der Waals surface area contributed by atoms with E-state index in [0.29, 0.717) is 24.4 Å². The first-order valence-corrected chi connectivity index (χ1v) is 8.87. The summed E-state index contributed by atoms with van der Waals surface area (Å²) in [5.74, 6) is -1.88. The molecule has 3 aromatic rings. The zero-order chi connectivity index (χ0) is 17.4. The van der Waals surface area contributed by atoms with Gasteiger partial charge in [0.15, 0.2) is 0 Å². The Morgan fingerprint density at radius 1 is 1.16 bits per heavy atom. The highest BCUT2D eigenvalue weighted by molar-refractivity contribution is 9.10. The van der Waals surface area contributed by atoms with Crippen LogP contribution in [0.3, 0.4) is 0 Å². The van der Waals surface area contributed by atoms with Crippen molar-refractivity contribution in [3.63, 3.8) is 0 Å². The Labute approximate surface area is 151 Å². The van der Waals surface area contributed by atoms with Crippen LogP contribution in [0.1, 0.15) is 18.4 Å². The number of benzene rings is 2. The number of halogens is 3. The highest BCUT2D eigenvalue weighted by atomic mass is 79.9. The lowest BCUT2D eigenvalue weighted by Gasteiger charge is -2.34. The van der Waals surface area contributed by atoms with Crippen LogP contribution in [-0.2, 0) is 13.2 Å². The second kappa shape index (κ2) is 6.37. The van der Waals surface area contributed by atoms with Gasteiger partial charge in [0.05, 0.1) is 9.99 Å². The van der Waals surface area contributed by atoms with Gasteiger partial charge in [-0.3, -0.25) is 0 Å². The van der Waals surface area contributed by atoms with E-state index in [-0.39, 0.29) is 18.8 Å². The van der Waals surface area contributed by atoms with Gasteiger partial charge in [-0.1, -0.05) is 35.5 Å². The van der Waals surface area contributed by atoms with Crippen LogP contribution in [0.5, 0.6) is 5.75 Å². The number of rotatable bonds is 5. The maximum atomic E-state index is 13.0. The van der Waals surface area contributed by atoms with Gasteiger partial charge in [0.1, 0.15) is 17.9 Å². The average Bonchev–Trinajstić information content (AvgIpc) is 2.97. The third-order valence-corrected chi connectivity index (χ3v) is 5.20. The lowest BCUT2D eigenvalue weighted by molar-refractivity contribution is -0.114. The molecule has 0 saturated heterocycles. The molecular formula is C18H16BrF2N3O. The summed E-state index contributed by atoms with van der Waals surface area (Å²) >= 11 is 3.52. The first-order chi connectivity index (χ1) is 12.0. The fraction of sp³-hybridized carbons (Fsp3) is 0.333. The van der Waals surface area contributed by atoms with Crippen LogP contribution in [0.15, 0.2) is 46.9 Å². The molecule has 25 heavy (non-hydrogen) atoms. The van der Waals surface area contributed by atoms with Crippen LogP contribution in [0.4, 0.5) is 8.78 Å². The average molecular weight is 408 g/mol. The Morgan fingerprint density at radius 3 is 2.64 bits per heavy atom.